The van der Waals surface area contributed by atoms with Crippen molar-refractivity contribution in [2.75, 3.05) is 12.4 Å². The lowest BCUT2D eigenvalue weighted by molar-refractivity contribution is -0.385. The first-order valence-corrected chi connectivity index (χ1v) is 5.28. The van der Waals surface area contributed by atoms with Gasteiger partial charge in [0, 0.05) is 18.2 Å². The lowest BCUT2D eigenvalue weighted by atomic mass is 10.2. The molecular weight excluding hydrogens is 256 g/mol. The SMILES string of the molecule is COc1ccc(NC(=O)CCC(=O)O)cc1[N+](=O)[O-]. The molecule has 0 bridgehead atoms. The predicted molar refractivity (Wildman–Crippen MR) is 65.1 cm³/mol. The molecule has 0 spiro atoms. The molecular formula is C11H12N2O6. The van der Waals surface area contributed by atoms with E-state index in [1.54, 1.807) is 0 Å². The molecule has 8 nitrogen and oxygen atoms in total. The van der Waals surface area contributed by atoms with E-state index in [9.17, 15) is 19.7 Å². The van der Waals surface area contributed by atoms with Crippen LogP contribution in [-0.2, 0) is 9.59 Å². The van der Waals surface area contributed by atoms with Gasteiger partial charge in [0.05, 0.1) is 18.5 Å². The number of aliphatic carboxylic acids is 1. The Labute approximate surface area is 108 Å². The van der Waals surface area contributed by atoms with Gasteiger partial charge in [-0.2, -0.15) is 0 Å². The van der Waals surface area contributed by atoms with E-state index in [0.717, 1.165) is 6.07 Å². The van der Waals surface area contributed by atoms with E-state index in [0.29, 0.717) is 0 Å². The van der Waals surface area contributed by atoms with Crippen molar-refractivity contribution in [2.24, 2.45) is 0 Å². The number of carboxylic acids is 1. The normalized spacial score (nSPS) is 9.74. The van der Waals surface area contributed by atoms with Crippen LogP contribution in [0.1, 0.15) is 12.8 Å². The Morgan fingerprint density at radius 2 is 2.11 bits per heavy atom. The number of nitro benzene ring substituents is 1. The van der Waals surface area contributed by atoms with Crippen LogP contribution < -0.4 is 10.1 Å². The van der Waals surface area contributed by atoms with Crippen LogP contribution in [0.5, 0.6) is 5.75 Å². The summed E-state index contributed by atoms with van der Waals surface area (Å²) in [6, 6.07) is 3.94. The van der Waals surface area contributed by atoms with E-state index in [4.69, 9.17) is 9.84 Å². The molecule has 1 amide bonds. The number of nitro groups is 1. The van der Waals surface area contributed by atoms with E-state index in [1.165, 1.54) is 19.2 Å². The highest BCUT2D eigenvalue weighted by Crippen LogP contribution is 2.29. The molecule has 1 rings (SSSR count). The molecule has 0 atom stereocenters. The Morgan fingerprint density at radius 3 is 2.63 bits per heavy atom. The number of nitrogens with one attached hydrogen (secondary N) is 1. The summed E-state index contributed by atoms with van der Waals surface area (Å²) in [5.74, 6) is -1.54. The average Bonchev–Trinajstić information content (AvgIpc) is 2.36. The third kappa shape index (κ3) is 4.26. The molecule has 1 aromatic rings. The lowest BCUT2D eigenvalue weighted by Gasteiger charge is -2.06. The number of hydrogen-bond donors (Lipinski definition) is 2. The molecule has 0 saturated carbocycles. The van der Waals surface area contributed by atoms with Crippen molar-refractivity contribution in [1.82, 2.24) is 0 Å². The van der Waals surface area contributed by atoms with Crippen molar-refractivity contribution in [2.45, 2.75) is 12.8 Å². The van der Waals surface area contributed by atoms with Crippen LogP contribution >= 0.6 is 0 Å². The van der Waals surface area contributed by atoms with Crippen LogP contribution in [0.2, 0.25) is 0 Å². The molecule has 19 heavy (non-hydrogen) atoms. The molecule has 0 fully saturated rings. The fraction of sp³-hybridized carbons (Fsp3) is 0.273. The maximum absolute atomic E-state index is 11.4. The van der Waals surface area contributed by atoms with E-state index in [-0.39, 0.29) is 30.0 Å². The first kappa shape index (κ1) is 14.4. The number of hydrogen-bond acceptors (Lipinski definition) is 5. The van der Waals surface area contributed by atoms with Crippen LogP contribution in [0.3, 0.4) is 0 Å². The molecule has 0 aromatic heterocycles. The Morgan fingerprint density at radius 1 is 1.42 bits per heavy atom. The first-order valence-electron chi connectivity index (χ1n) is 5.28. The predicted octanol–water partition coefficient (Wildman–Crippen LogP) is 1.41. The number of ether oxygens (including phenoxy) is 1. The van der Waals surface area contributed by atoms with Gasteiger partial charge in [0.25, 0.3) is 0 Å². The van der Waals surface area contributed by atoms with E-state index in [2.05, 4.69) is 5.32 Å². The molecule has 0 saturated heterocycles. The summed E-state index contributed by atoms with van der Waals surface area (Å²) in [5.41, 5.74) is -0.0681. The number of anilines is 1. The Bertz CT molecular complexity index is 514. The van der Waals surface area contributed by atoms with Crippen LogP contribution in [0.25, 0.3) is 0 Å². The second-order valence-electron chi connectivity index (χ2n) is 3.59. The minimum Gasteiger partial charge on any atom is -0.490 e. The summed E-state index contributed by atoms with van der Waals surface area (Å²) < 4.78 is 4.81. The zero-order valence-corrected chi connectivity index (χ0v) is 10.1. The van der Waals surface area contributed by atoms with Gasteiger partial charge < -0.3 is 15.2 Å². The number of benzene rings is 1. The summed E-state index contributed by atoms with van der Waals surface area (Å²) in [7, 11) is 1.30. The third-order valence-corrected chi connectivity index (χ3v) is 2.23. The minimum absolute atomic E-state index is 0.0773. The monoisotopic (exact) mass is 268 g/mol. The summed E-state index contributed by atoms with van der Waals surface area (Å²) in [4.78, 5) is 31.8. The summed E-state index contributed by atoms with van der Waals surface area (Å²) >= 11 is 0. The van der Waals surface area contributed by atoms with Gasteiger partial charge in [-0.05, 0) is 12.1 Å². The van der Waals surface area contributed by atoms with Gasteiger partial charge in [0.2, 0.25) is 5.91 Å². The maximum Gasteiger partial charge on any atom is 0.312 e. The molecule has 102 valence electrons. The second-order valence-corrected chi connectivity index (χ2v) is 3.59. The number of nitrogens with zero attached hydrogens (tertiary/aromatic N) is 1. The second kappa shape index (κ2) is 6.34. The van der Waals surface area contributed by atoms with Crippen LogP contribution in [-0.4, -0.2) is 29.0 Å². The van der Waals surface area contributed by atoms with Gasteiger partial charge in [0.15, 0.2) is 5.75 Å². The van der Waals surface area contributed by atoms with Gasteiger partial charge in [-0.25, -0.2) is 0 Å². The van der Waals surface area contributed by atoms with Crippen molar-refractivity contribution in [3.05, 3.63) is 28.3 Å². The summed E-state index contributed by atoms with van der Waals surface area (Å²) in [6.45, 7) is 0. The number of rotatable bonds is 6. The van der Waals surface area contributed by atoms with Gasteiger partial charge in [-0.3, -0.25) is 19.7 Å². The zero-order chi connectivity index (χ0) is 14.4. The largest absolute Gasteiger partial charge is 0.490 e. The fourth-order valence-electron chi connectivity index (χ4n) is 1.35. The molecule has 0 aliphatic carbocycles. The van der Waals surface area contributed by atoms with Crippen LogP contribution in [0, 0.1) is 10.1 Å². The highest BCUT2D eigenvalue weighted by atomic mass is 16.6. The molecule has 0 unspecified atom stereocenters. The quantitative estimate of drug-likeness (QED) is 0.594. The van der Waals surface area contributed by atoms with Crippen LogP contribution in [0.4, 0.5) is 11.4 Å². The molecule has 0 heterocycles. The highest BCUT2D eigenvalue weighted by molar-refractivity contribution is 5.92. The number of carbonyl (C=O) groups is 2. The number of carboxylic acid groups (broad SMARTS) is 1. The highest BCUT2D eigenvalue weighted by Gasteiger charge is 2.16. The van der Waals surface area contributed by atoms with Gasteiger partial charge in [0.1, 0.15) is 0 Å². The van der Waals surface area contributed by atoms with Gasteiger partial charge >= 0.3 is 11.7 Å². The smallest absolute Gasteiger partial charge is 0.312 e. The van der Waals surface area contributed by atoms with Gasteiger partial charge in [-0.15, -0.1) is 0 Å². The zero-order valence-electron chi connectivity index (χ0n) is 10.1. The average molecular weight is 268 g/mol. The lowest BCUT2D eigenvalue weighted by Crippen LogP contribution is -2.13. The van der Waals surface area contributed by atoms with Crippen molar-refractivity contribution < 1.29 is 24.4 Å². The molecule has 0 radical (unpaired) electrons. The summed E-state index contributed by atoms with van der Waals surface area (Å²) in [5, 5.41) is 21.6. The molecule has 0 aliphatic rings. The number of amides is 1. The molecule has 8 heteroatoms. The Kier molecular flexibility index (Phi) is 4.81. The Hall–Kier alpha value is -2.64. The number of carbonyl (C=O) groups excluding carboxylic acids is 1. The third-order valence-electron chi connectivity index (χ3n) is 2.23. The van der Waals surface area contributed by atoms with Crippen molar-refractivity contribution >= 4 is 23.3 Å². The van der Waals surface area contributed by atoms with E-state index < -0.39 is 16.8 Å². The summed E-state index contributed by atoms with van der Waals surface area (Å²) in [6.07, 6.45) is -0.501. The molecule has 1 aromatic carbocycles. The van der Waals surface area contributed by atoms with Crippen molar-refractivity contribution in [1.29, 1.82) is 0 Å². The Balaban J connectivity index is 2.79. The molecule has 2 N–H and O–H groups in total. The topological polar surface area (TPSA) is 119 Å². The number of methoxy groups -OCH3 is 1. The first-order chi connectivity index (χ1) is 8.93. The van der Waals surface area contributed by atoms with E-state index >= 15 is 0 Å². The van der Waals surface area contributed by atoms with Gasteiger partial charge in [-0.1, -0.05) is 0 Å². The fourth-order valence-corrected chi connectivity index (χ4v) is 1.35. The minimum atomic E-state index is -1.09. The molecule has 0 aliphatic heterocycles. The maximum atomic E-state index is 11.4. The van der Waals surface area contributed by atoms with Crippen molar-refractivity contribution in [3.8, 4) is 5.75 Å². The van der Waals surface area contributed by atoms with Crippen molar-refractivity contribution in [3.63, 3.8) is 0 Å². The van der Waals surface area contributed by atoms with E-state index in [1.807, 2.05) is 0 Å². The van der Waals surface area contributed by atoms with Crippen LogP contribution in [0.15, 0.2) is 18.2 Å². The standard InChI is InChI=1S/C11H12N2O6/c1-19-9-3-2-7(6-8(9)13(17)18)12-10(14)4-5-11(15)16/h2-3,6H,4-5H2,1H3,(H,12,14)(H,15,16).